The molecular weight excluding hydrogens is 565 g/mol. The van der Waals surface area contributed by atoms with Gasteiger partial charge in [-0.3, -0.25) is 9.29 Å². The number of ether oxygens (including phenoxy) is 3. The van der Waals surface area contributed by atoms with E-state index in [-0.39, 0.29) is 28.7 Å². The van der Waals surface area contributed by atoms with Crippen LogP contribution in [-0.4, -0.2) is 69.9 Å². The van der Waals surface area contributed by atoms with Crippen molar-refractivity contribution in [2.24, 2.45) is 0 Å². The highest BCUT2D eigenvalue weighted by Gasteiger charge is 2.26. The number of anilines is 1. The molecule has 0 saturated heterocycles. The summed E-state index contributed by atoms with van der Waals surface area (Å²) in [6, 6.07) is 13.1. The second-order valence-corrected chi connectivity index (χ2v) is 12.3. The lowest BCUT2D eigenvalue weighted by Gasteiger charge is -2.17. The lowest BCUT2D eigenvalue weighted by Crippen LogP contribution is -2.21. The molecule has 0 spiro atoms. The average molecular weight is 592 g/mol. The van der Waals surface area contributed by atoms with Crippen molar-refractivity contribution < 1.29 is 35.4 Å². The Balaban J connectivity index is 1.78. The number of nitrogens with one attached hydrogen (secondary N) is 1. The molecule has 4 aromatic rings. The molecule has 15 heteroatoms. The molecule has 2 heterocycles. The standard InChI is InChI=1S/C25H26FN5O7S2/c1-36-19-8-6-9-20(37-2)23(19)31-24(18-7-5-10-22(27-18)38-3)28-29-25(31)30-40(34,35)14-13-16-11-12-17(26)15-21(16)39(4,32)33/h5-12,15H,13-14H2,1-4H3,(H,29,30). The summed E-state index contributed by atoms with van der Waals surface area (Å²) in [6.07, 6.45) is 0.712. The number of benzene rings is 2. The fourth-order valence-corrected chi connectivity index (χ4v) is 5.92. The van der Waals surface area contributed by atoms with Crippen LogP contribution in [0.4, 0.5) is 10.3 Å². The third kappa shape index (κ3) is 6.15. The van der Waals surface area contributed by atoms with E-state index >= 15 is 0 Å². The molecule has 0 aliphatic rings. The van der Waals surface area contributed by atoms with Crippen LogP contribution < -0.4 is 18.9 Å². The molecule has 0 radical (unpaired) electrons. The molecule has 4 rings (SSSR count). The van der Waals surface area contributed by atoms with Gasteiger partial charge < -0.3 is 14.2 Å². The topological polar surface area (TPSA) is 152 Å². The predicted octanol–water partition coefficient (Wildman–Crippen LogP) is 2.88. The van der Waals surface area contributed by atoms with Gasteiger partial charge in [-0.2, -0.15) is 0 Å². The maximum Gasteiger partial charge on any atom is 0.243 e. The molecule has 0 bridgehead atoms. The number of halogens is 1. The number of hydrogen-bond donors (Lipinski definition) is 1. The molecule has 0 saturated carbocycles. The van der Waals surface area contributed by atoms with Gasteiger partial charge in [0.25, 0.3) is 0 Å². The second-order valence-electron chi connectivity index (χ2n) is 8.45. The highest BCUT2D eigenvalue weighted by Crippen LogP contribution is 2.37. The van der Waals surface area contributed by atoms with Crippen molar-refractivity contribution >= 4 is 25.8 Å². The zero-order valence-corrected chi connectivity index (χ0v) is 23.6. The Kier molecular flexibility index (Phi) is 8.25. The van der Waals surface area contributed by atoms with Gasteiger partial charge in [-0.15, -0.1) is 10.2 Å². The molecule has 0 atom stereocenters. The van der Waals surface area contributed by atoms with Crippen molar-refractivity contribution in [1.82, 2.24) is 19.7 Å². The Morgan fingerprint density at radius 2 is 1.57 bits per heavy atom. The van der Waals surface area contributed by atoms with E-state index in [9.17, 15) is 21.2 Å². The van der Waals surface area contributed by atoms with Crippen molar-refractivity contribution in [3.05, 3.63) is 66.0 Å². The van der Waals surface area contributed by atoms with E-state index in [1.54, 1.807) is 36.4 Å². The van der Waals surface area contributed by atoms with E-state index in [0.29, 0.717) is 28.8 Å². The molecule has 1 N–H and O–H groups in total. The summed E-state index contributed by atoms with van der Waals surface area (Å²) in [6.45, 7) is 0. The van der Waals surface area contributed by atoms with Crippen molar-refractivity contribution in [2.45, 2.75) is 11.3 Å². The minimum Gasteiger partial charge on any atom is -0.494 e. The van der Waals surface area contributed by atoms with Crippen LogP contribution in [0.3, 0.4) is 0 Å². The van der Waals surface area contributed by atoms with Crippen molar-refractivity contribution in [2.75, 3.05) is 38.1 Å². The van der Waals surface area contributed by atoms with Gasteiger partial charge >= 0.3 is 0 Å². The molecule has 40 heavy (non-hydrogen) atoms. The highest BCUT2D eigenvalue weighted by atomic mass is 32.2. The van der Waals surface area contributed by atoms with Gasteiger partial charge in [-0.1, -0.05) is 18.2 Å². The van der Waals surface area contributed by atoms with Gasteiger partial charge in [0.05, 0.1) is 32.0 Å². The van der Waals surface area contributed by atoms with E-state index in [4.69, 9.17) is 14.2 Å². The monoisotopic (exact) mass is 591 g/mol. The van der Waals surface area contributed by atoms with Crippen molar-refractivity contribution in [3.8, 4) is 34.6 Å². The molecule has 2 aromatic carbocycles. The largest absolute Gasteiger partial charge is 0.494 e. The number of nitrogens with zero attached hydrogens (tertiary/aromatic N) is 4. The second kappa shape index (κ2) is 11.5. The Morgan fingerprint density at radius 3 is 2.20 bits per heavy atom. The fraction of sp³-hybridized carbons (Fsp3) is 0.240. The first kappa shape index (κ1) is 28.8. The first-order valence-corrected chi connectivity index (χ1v) is 15.2. The lowest BCUT2D eigenvalue weighted by molar-refractivity contribution is 0.391. The zero-order valence-electron chi connectivity index (χ0n) is 22.0. The van der Waals surface area contributed by atoms with Crippen LogP contribution >= 0.6 is 0 Å². The average Bonchev–Trinajstić information content (AvgIpc) is 3.33. The van der Waals surface area contributed by atoms with E-state index in [1.807, 2.05) is 0 Å². The first-order valence-electron chi connectivity index (χ1n) is 11.6. The van der Waals surface area contributed by atoms with Crippen LogP contribution in [-0.2, 0) is 26.3 Å². The van der Waals surface area contributed by atoms with Crippen LogP contribution in [0.1, 0.15) is 5.56 Å². The predicted molar refractivity (Wildman–Crippen MR) is 145 cm³/mol. The molecule has 212 valence electrons. The Bertz CT molecular complexity index is 1740. The van der Waals surface area contributed by atoms with Gasteiger partial charge in [0.2, 0.25) is 21.9 Å². The normalized spacial score (nSPS) is 11.7. The Hall–Kier alpha value is -4.24. The number of sulfonamides is 1. The summed E-state index contributed by atoms with van der Waals surface area (Å²) in [7, 11) is -3.61. The molecule has 0 aliphatic heterocycles. The van der Waals surface area contributed by atoms with Gasteiger partial charge in [-0.25, -0.2) is 26.2 Å². The Labute approximate surface area is 230 Å². The minimum absolute atomic E-state index is 0.150. The van der Waals surface area contributed by atoms with Crippen molar-refractivity contribution in [3.63, 3.8) is 0 Å². The van der Waals surface area contributed by atoms with E-state index < -0.39 is 31.4 Å². The molecule has 0 aliphatic carbocycles. The number of rotatable bonds is 11. The number of aromatic nitrogens is 4. The SMILES string of the molecule is COc1cccc(-c2nnc(NS(=O)(=O)CCc3ccc(F)cc3S(C)(=O)=O)n2-c2c(OC)cccc2OC)n1. The van der Waals surface area contributed by atoms with Gasteiger partial charge in [-0.05, 0) is 42.3 Å². The third-order valence-electron chi connectivity index (χ3n) is 5.77. The lowest BCUT2D eigenvalue weighted by atomic mass is 10.2. The molecule has 2 aromatic heterocycles. The Morgan fingerprint density at radius 1 is 0.900 bits per heavy atom. The van der Waals surface area contributed by atoms with Crippen LogP contribution in [0.25, 0.3) is 17.2 Å². The number of aryl methyl sites for hydroxylation is 1. The van der Waals surface area contributed by atoms with Crippen LogP contribution in [0.5, 0.6) is 17.4 Å². The van der Waals surface area contributed by atoms with Gasteiger partial charge in [0.1, 0.15) is 28.7 Å². The first-order chi connectivity index (χ1) is 19.0. The number of para-hydroxylation sites is 1. The molecule has 12 nitrogen and oxygen atoms in total. The summed E-state index contributed by atoms with van der Waals surface area (Å²) in [5.41, 5.74) is 0.769. The smallest absolute Gasteiger partial charge is 0.243 e. The van der Waals surface area contributed by atoms with Gasteiger partial charge in [0, 0.05) is 12.3 Å². The summed E-state index contributed by atoms with van der Waals surface area (Å²) in [5, 5.41) is 8.25. The minimum atomic E-state index is -4.15. The van der Waals surface area contributed by atoms with Crippen molar-refractivity contribution in [1.29, 1.82) is 0 Å². The molecule has 0 unspecified atom stereocenters. The van der Waals surface area contributed by atoms with Crippen LogP contribution in [0.15, 0.2) is 59.5 Å². The molecule has 0 fully saturated rings. The van der Waals surface area contributed by atoms with E-state index in [1.165, 1.54) is 32.0 Å². The summed E-state index contributed by atoms with van der Waals surface area (Å²) < 4.78 is 84.5. The van der Waals surface area contributed by atoms with E-state index in [2.05, 4.69) is 19.9 Å². The van der Waals surface area contributed by atoms with Crippen LogP contribution in [0, 0.1) is 5.82 Å². The highest BCUT2D eigenvalue weighted by molar-refractivity contribution is 7.92. The summed E-state index contributed by atoms with van der Waals surface area (Å²) in [5.74, 6) is -0.392. The maximum absolute atomic E-state index is 13.7. The number of pyridine rings is 1. The van der Waals surface area contributed by atoms with E-state index in [0.717, 1.165) is 18.4 Å². The molecular formula is C25H26FN5O7S2. The number of methoxy groups -OCH3 is 3. The third-order valence-corrected chi connectivity index (χ3v) is 8.18. The number of hydrogen-bond acceptors (Lipinski definition) is 10. The maximum atomic E-state index is 13.7. The van der Waals surface area contributed by atoms with Crippen LogP contribution in [0.2, 0.25) is 0 Å². The molecule has 0 amide bonds. The summed E-state index contributed by atoms with van der Waals surface area (Å²) in [4.78, 5) is 4.11. The summed E-state index contributed by atoms with van der Waals surface area (Å²) >= 11 is 0. The zero-order chi connectivity index (χ0) is 29.1. The van der Waals surface area contributed by atoms with Gasteiger partial charge in [0.15, 0.2) is 15.7 Å². The quantitative estimate of drug-likeness (QED) is 0.276. The number of sulfone groups is 1. The fourth-order valence-electron chi connectivity index (χ4n) is 3.95.